The lowest BCUT2D eigenvalue weighted by Gasteiger charge is -2.28. The largest absolute Gasteiger partial charge is 0.381 e. The Kier molecular flexibility index (Phi) is 7.14. The lowest BCUT2D eigenvalue weighted by molar-refractivity contribution is 0.0943. The molecule has 3 rings (SSSR count). The molecule has 0 spiro atoms. The van der Waals surface area contributed by atoms with E-state index in [0.717, 1.165) is 60.8 Å². The van der Waals surface area contributed by atoms with E-state index < -0.39 is 0 Å². The minimum Gasteiger partial charge on any atom is -0.381 e. The molecular formula is C20H27N3O2S. The molecule has 1 aromatic heterocycles. The van der Waals surface area contributed by atoms with Crippen LogP contribution < -0.4 is 10.2 Å². The molecule has 1 N–H and O–H groups in total. The number of carbonyl (C=O) groups excluding carboxylic acids is 1. The standard InChI is InChI=1S/C20H27N3O2S/c1-2-11-25-12-5-8-21-20(24)17-15-19(23-9-13-26-14-10-23)22-18-7-4-3-6-16(17)18/h3-4,6-7,15H,2,5,8-14H2,1H3,(H,21,24). The zero-order valence-corrected chi connectivity index (χ0v) is 16.2. The van der Waals surface area contributed by atoms with Crippen LogP contribution in [0, 0.1) is 0 Å². The van der Waals surface area contributed by atoms with Crippen LogP contribution in [-0.2, 0) is 4.74 Å². The third-order valence-electron chi connectivity index (χ3n) is 4.38. The number of aromatic nitrogens is 1. The molecule has 0 atom stereocenters. The predicted octanol–water partition coefficient (Wildman–Crippen LogP) is 3.33. The lowest BCUT2D eigenvalue weighted by Crippen LogP contribution is -2.33. The highest BCUT2D eigenvalue weighted by Crippen LogP contribution is 2.25. The summed E-state index contributed by atoms with van der Waals surface area (Å²) in [4.78, 5) is 19.8. The number of hydrogen-bond acceptors (Lipinski definition) is 5. The highest BCUT2D eigenvalue weighted by atomic mass is 32.2. The molecule has 5 nitrogen and oxygen atoms in total. The van der Waals surface area contributed by atoms with Crippen LogP contribution >= 0.6 is 11.8 Å². The van der Waals surface area contributed by atoms with Crippen LogP contribution in [0.1, 0.15) is 30.1 Å². The van der Waals surface area contributed by atoms with Crippen LogP contribution in [0.3, 0.4) is 0 Å². The van der Waals surface area contributed by atoms with Gasteiger partial charge in [-0.3, -0.25) is 4.79 Å². The molecule has 6 heteroatoms. The minimum atomic E-state index is -0.0354. The molecule has 0 bridgehead atoms. The normalized spacial score (nSPS) is 14.6. The predicted molar refractivity (Wildman–Crippen MR) is 109 cm³/mol. The van der Waals surface area contributed by atoms with Gasteiger partial charge in [-0.05, 0) is 25.0 Å². The van der Waals surface area contributed by atoms with Gasteiger partial charge in [0.1, 0.15) is 5.82 Å². The number of thioether (sulfide) groups is 1. The molecule has 1 amide bonds. The molecule has 1 fully saturated rings. The summed E-state index contributed by atoms with van der Waals surface area (Å²) in [6, 6.07) is 9.82. The second kappa shape index (κ2) is 9.78. The molecule has 26 heavy (non-hydrogen) atoms. The number of anilines is 1. The second-order valence-corrected chi connectivity index (χ2v) is 7.59. The Bertz CT molecular complexity index is 732. The average molecular weight is 374 g/mol. The summed E-state index contributed by atoms with van der Waals surface area (Å²) in [6.07, 6.45) is 1.85. The molecule has 2 heterocycles. The first-order chi connectivity index (χ1) is 12.8. The fourth-order valence-electron chi connectivity index (χ4n) is 3.02. The van der Waals surface area contributed by atoms with Crippen molar-refractivity contribution in [2.45, 2.75) is 19.8 Å². The smallest absolute Gasteiger partial charge is 0.252 e. The highest BCUT2D eigenvalue weighted by molar-refractivity contribution is 7.99. The topological polar surface area (TPSA) is 54.5 Å². The minimum absolute atomic E-state index is 0.0354. The van der Waals surface area contributed by atoms with Crippen molar-refractivity contribution < 1.29 is 9.53 Å². The number of fused-ring (bicyclic) bond motifs is 1. The van der Waals surface area contributed by atoms with Gasteiger partial charge in [0.05, 0.1) is 11.1 Å². The number of hydrogen-bond donors (Lipinski definition) is 1. The Balaban J connectivity index is 1.74. The molecule has 0 radical (unpaired) electrons. The van der Waals surface area contributed by atoms with Crippen molar-refractivity contribution in [1.82, 2.24) is 10.3 Å². The summed E-state index contributed by atoms with van der Waals surface area (Å²) in [5.74, 6) is 3.08. The molecule has 0 aliphatic carbocycles. The second-order valence-electron chi connectivity index (χ2n) is 6.37. The SMILES string of the molecule is CCCOCCCNC(=O)c1cc(N2CCSCC2)nc2ccccc12. The third-order valence-corrected chi connectivity index (χ3v) is 5.32. The number of rotatable bonds is 8. The molecule has 0 unspecified atom stereocenters. The molecule has 1 aliphatic heterocycles. The Morgan fingerprint density at radius 1 is 1.27 bits per heavy atom. The number of carbonyl (C=O) groups is 1. The van der Waals surface area contributed by atoms with Crippen molar-refractivity contribution in [1.29, 1.82) is 0 Å². The van der Waals surface area contributed by atoms with Crippen molar-refractivity contribution in [3.63, 3.8) is 0 Å². The van der Waals surface area contributed by atoms with Crippen LogP contribution in [0.25, 0.3) is 10.9 Å². The molecule has 2 aromatic rings. The summed E-state index contributed by atoms with van der Waals surface area (Å²) >= 11 is 1.97. The molecule has 140 valence electrons. The quantitative estimate of drug-likeness (QED) is 0.719. The van der Waals surface area contributed by atoms with Crippen molar-refractivity contribution in [2.75, 3.05) is 49.3 Å². The monoisotopic (exact) mass is 373 g/mol. The Morgan fingerprint density at radius 3 is 2.88 bits per heavy atom. The zero-order chi connectivity index (χ0) is 18.2. The third kappa shape index (κ3) is 4.89. The van der Waals surface area contributed by atoms with Gasteiger partial charge in [0.2, 0.25) is 0 Å². The van der Waals surface area contributed by atoms with E-state index in [0.29, 0.717) is 18.7 Å². The average Bonchev–Trinajstić information content (AvgIpc) is 2.70. The van der Waals surface area contributed by atoms with Gasteiger partial charge in [0.15, 0.2) is 0 Å². The molecule has 1 aromatic carbocycles. The lowest BCUT2D eigenvalue weighted by atomic mass is 10.1. The number of para-hydroxylation sites is 1. The summed E-state index contributed by atoms with van der Waals surface area (Å²) in [5, 5.41) is 3.93. The van der Waals surface area contributed by atoms with Crippen LogP contribution in [0.15, 0.2) is 30.3 Å². The van der Waals surface area contributed by atoms with Crippen molar-refractivity contribution >= 4 is 34.4 Å². The van der Waals surface area contributed by atoms with Gasteiger partial charge in [-0.15, -0.1) is 0 Å². The summed E-state index contributed by atoms with van der Waals surface area (Å²) in [7, 11) is 0. The summed E-state index contributed by atoms with van der Waals surface area (Å²) in [5.41, 5.74) is 1.58. The van der Waals surface area contributed by atoms with Gasteiger partial charge >= 0.3 is 0 Å². The van der Waals surface area contributed by atoms with Crippen LogP contribution in [-0.4, -0.2) is 55.2 Å². The Hall–Kier alpha value is -1.79. The maximum Gasteiger partial charge on any atom is 0.252 e. The van der Waals surface area contributed by atoms with Crippen LogP contribution in [0.2, 0.25) is 0 Å². The molecule has 0 saturated carbocycles. The molecule has 1 saturated heterocycles. The van der Waals surface area contributed by atoms with E-state index in [1.807, 2.05) is 42.1 Å². The Labute approximate surface area is 159 Å². The van der Waals surface area contributed by atoms with Gasteiger partial charge < -0.3 is 15.0 Å². The van der Waals surface area contributed by atoms with E-state index in [1.54, 1.807) is 0 Å². The fourth-order valence-corrected chi connectivity index (χ4v) is 3.92. The van der Waals surface area contributed by atoms with Gasteiger partial charge in [-0.1, -0.05) is 25.1 Å². The molecule has 1 aliphatic rings. The van der Waals surface area contributed by atoms with E-state index in [-0.39, 0.29) is 5.91 Å². The van der Waals surface area contributed by atoms with Gasteiger partial charge in [0, 0.05) is 49.7 Å². The number of nitrogens with zero attached hydrogens (tertiary/aromatic N) is 2. The van der Waals surface area contributed by atoms with E-state index in [2.05, 4.69) is 17.1 Å². The number of benzene rings is 1. The van der Waals surface area contributed by atoms with Crippen molar-refractivity contribution in [3.8, 4) is 0 Å². The number of nitrogens with one attached hydrogen (secondary N) is 1. The van der Waals surface area contributed by atoms with E-state index in [4.69, 9.17) is 9.72 Å². The van der Waals surface area contributed by atoms with Gasteiger partial charge in [-0.25, -0.2) is 4.98 Å². The molecular weight excluding hydrogens is 346 g/mol. The van der Waals surface area contributed by atoms with E-state index >= 15 is 0 Å². The number of amides is 1. The first-order valence-corrected chi connectivity index (χ1v) is 10.5. The van der Waals surface area contributed by atoms with Crippen molar-refractivity contribution in [2.24, 2.45) is 0 Å². The summed E-state index contributed by atoms with van der Waals surface area (Å²) in [6.45, 7) is 6.13. The number of pyridine rings is 1. The number of ether oxygens (including phenoxy) is 1. The van der Waals surface area contributed by atoms with E-state index in [9.17, 15) is 4.79 Å². The highest BCUT2D eigenvalue weighted by Gasteiger charge is 2.17. The van der Waals surface area contributed by atoms with Crippen molar-refractivity contribution in [3.05, 3.63) is 35.9 Å². The maximum atomic E-state index is 12.8. The maximum absolute atomic E-state index is 12.8. The Morgan fingerprint density at radius 2 is 2.08 bits per heavy atom. The summed E-state index contributed by atoms with van der Waals surface area (Å²) < 4.78 is 5.47. The first kappa shape index (κ1) is 19.0. The van der Waals surface area contributed by atoms with E-state index in [1.165, 1.54) is 0 Å². The first-order valence-electron chi connectivity index (χ1n) is 9.38. The fraction of sp³-hybridized carbons (Fsp3) is 0.500. The van der Waals surface area contributed by atoms with Crippen LogP contribution in [0.5, 0.6) is 0 Å². The van der Waals surface area contributed by atoms with Crippen LogP contribution in [0.4, 0.5) is 5.82 Å². The van der Waals surface area contributed by atoms with Gasteiger partial charge in [0.25, 0.3) is 5.91 Å². The zero-order valence-electron chi connectivity index (χ0n) is 15.4. The van der Waals surface area contributed by atoms with Gasteiger partial charge in [-0.2, -0.15) is 11.8 Å².